The average Bonchev–Trinajstić information content (AvgIpc) is 2.71. The highest BCUT2D eigenvalue weighted by Crippen LogP contribution is 2.49. The lowest BCUT2D eigenvalue weighted by molar-refractivity contribution is -0.139. The third-order valence-electron chi connectivity index (χ3n) is 4.03. The summed E-state index contributed by atoms with van der Waals surface area (Å²) in [5.41, 5.74) is 0.786. The summed E-state index contributed by atoms with van der Waals surface area (Å²) in [6, 6.07) is 0. The van der Waals surface area contributed by atoms with E-state index in [4.69, 9.17) is 23.0 Å². The molecule has 0 rings (SSSR count). The molecule has 180 valence electrons. The Morgan fingerprint density at radius 3 is 1.32 bits per heavy atom. The number of phosphoric ester groups is 1. The molecule has 0 aliphatic heterocycles. The second kappa shape index (κ2) is 18.1. The van der Waals surface area contributed by atoms with E-state index in [2.05, 4.69) is 13.2 Å². The maximum absolute atomic E-state index is 12.6. The Balaban J connectivity index is 3.81. The molecule has 31 heavy (non-hydrogen) atoms. The van der Waals surface area contributed by atoms with Gasteiger partial charge in [0.15, 0.2) is 0 Å². The Bertz CT molecular complexity index is 556. The van der Waals surface area contributed by atoms with Gasteiger partial charge in [0, 0.05) is 11.1 Å². The van der Waals surface area contributed by atoms with Crippen LogP contribution < -0.4 is 0 Å². The van der Waals surface area contributed by atoms with Gasteiger partial charge in [-0.3, -0.25) is 13.6 Å². The van der Waals surface area contributed by atoms with E-state index in [-0.39, 0.29) is 31.8 Å². The number of hydrogen-bond donors (Lipinski definition) is 0. The van der Waals surface area contributed by atoms with Crippen molar-refractivity contribution in [1.82, 2.24) is 0 Å². The van der Waals surface area contributed by atoms with Crippen LogP contribution in [0.1, 0.15) is 72.1 Å². The van der Waals surface area contributed by atoms with Crippen LogP contribution in [0.3, 0.4) is 0 Å². The van der Waals surface area contributed by atoms with Gasteiger partial charge in [-0.25, -0.2) is 14.2 Å². The summed E-state index contributed by atoms with van der Waals surface area (Å²) in [6.07, 6.45) is 6.37. The summed E-state index contributed by atoms with van der Waals surface area (Å²) in [5, 5.41) is 0. The predicted molar refractivity (Wildman–Crippen MR) is 120 cm³/mol. The van der Waals surface area contributed by atoms with Crippen molar-refractivity contribution in [3.8, 4) is 0 Å². The number of unbranched alkanes of at least 4 members (excludes halogenated alkanes) is 6. The Kier molecular flexibility index (Phi) is 17.3. The first-order valence-corrected chi connectivity index (χ1v) is 12.4. The Morgan fingerprint density at radius 1 is 0.645 bits per heavy atom. The van der Waals surface area contributed by atoms with Crippen LogP contribution in [0.5, 0.6) is 0 Å². The minimum Gasteiger partial charge on any atom is -0.462 e. The number of ether oxygens (including phenoxy) is 2. The van der Waals surface area contributed by atoms with Crippen LogP contribution in [-0.2, 0) is 37.2 Å². The van der Waals surface area contributed by atoms with Crippen molar-refractivity contribution in [3.63, 3.8) is 0 Å². The minimum atomic E-state index is -3.55. The van der Waals surface area contributed by atoms with Crippen molar-refractivity contribution in [3.05, 3.63) is 24.3 Å². The van der Waals surface area contributed by atoms with E-state index in [1.807, 2.05) is 0 Å². The molecule has 0 atom stereocenters. The molecule has 0 N–H and O–H groups in total. The van der Waals surface area contributed by atoms with Gasteiger partial charge in [-0.2, -0.15) is 0 Å². The molecule has 0 unspecified atom stereocenters. The van der Waals surface area contributed by atoms with E-state index in [0.29, 0.717) is 37.2 Å². The summed E-state index contributed by atoms with van der Waals surface area (Å²) in [6.45, 7) is 13.5. The van der Waals surface area contributed by atoms with Crippen LogP contribution >= 0.6 is 7.82 Å². The SMILES string of the molecule is C=C(C)C(=O)OCCCCCCOP(=O)(OCC)OCCCCCCOC(=O)C(=C)C. The van der Waals surface area contributed by atoms with Gasteiger partial charge in [-0.15, -0.1) is 0 Å². The van der Waals surface area contributed by atoms with Crippen molar-refractivity contribution < 1.29 is 37.2 Å². The topological polar surface area (TPSA) is 97.4 Å². The lowest BCUT2D eigenvalue weighted by Crippen LogP contribution is -2.06. The normalized spacial score (nSPS) is 11.2. The smallest absolute Gasteiger partial charge is 0.462 e. The highest BCUT2D eigenvalue weighted by Gasteiger charge is 2.25. The van der Waals surface area contributed by atoms with E-state index in [1.165, 1.54) is 0 Å². The van der Waals surface area contributed by atoms with E-state index in [9.17, 15) is 14.2 Å². The zero-order valence-corrected chi connectivity index (χ0v) is 20.2. The van der Waals surface area contributed by atoms with E-state index >= 15 is 0 Å². The van der Waals surface area contributed by atoms with Crippen LogP contribution in [0.15, 0.2) is 24.3 Å². The molecule has 0 aromatic rings. The maximum Gasteiger partial charge on any atom is 0.474 e. The van der Waals surface area contributed by atoms with Gasteiger partial charge in [0.2, 0.25) is 0 Å². The third kappa shape index (κ3) is 16.8. The fourth-order valence-corrected chi connectivity index (χ4v) is 3.56. The number of phosphoric acid groups is 1. The highest BCUT2D eigenvalue weighted by molar-refractivity contribution is 7.48. The zero-order chi connectivity index (χ0) is 23.5. The van der Waals surface area contributed by atoms with Crippen molar-refractivity contribution in [2.75, 3.05) is 33.0 Å². The average molecular weight is 463 g/mol. The fourth-order valence-electron chi connectivity index (χ4n) is 2.31. The molecule has 0 aromatic heterocycles. The third-order valence-corrected chi connectivity index (χ3v) is 5.60. The van der Waals surface area contributed by atoms with Gasteiger partial charge in [-0.05, 0) is 59.3 Å². The lowest BCUT2D eigenvalue weighted by atomic mass is 10.2. The van der Waals surface area contributed by atoms with E-state index in [0.717, 1.165) is 38.5 Å². The van der Waals surface area contributed by atoms with Gasteiger partial charge >= 0.3 is 19.8 Å². The largest absolute Gasteiger partial charge is 0.474 e. The number of carbonyl (C=O) groups is 2. The van der Waals surface area contributed by atoms with Crippen molar-refractivity contribution >= 4 is 19.8 Å². The number of esters is 2. The first kappa shape index (κ1) is 29.5. The number of carbonyl (C=O) groups excluding carboxylic acids is 2. The standard InChI is InChI=1S/C22H39O8P/c1-6-28-31(25,29-17-13-9-7-11-15-26-21(23)19(2)3)30-18-14-10-8-12-16-27-22(24)20(4)5/h2,4,6-18H2,1,3,5H3. The van der Waals surface area contributed by atoms with Crippen molar-refractivity contribution in [2.24, 2.45) is 0 Å². The number of rotatable bonds is 20. The van der Waals surface area contributed by atoms with Gasteiger partial charge in [0.25, 0.3) is 0 Å². The molecule has 0 aliphatic rings. The fraction of sp³-hybridized carbons (Fsp3) is 0.727. The van der Waals surface area contributed by atoms with Crippen LogP contribution in [0.4, 0.5) is 0 Å². The molecule has 8 nitrogen and oxygen atoms in total. The first-order valence-electron chi connectivity index (χ1n) is 10.9. The summed E-state index contributed by atoms with van der Waals surface area (Å²) < 4.78 is 38.6. The maximum atomic E-state index is 12.6. The molecule has 0 saturated carbocycles. The molecular weight excluding hydrogens is 423 g/mol. The van der Waals surface area contributed by atoms with Crippen LogP contribution in [-0.4, -0.2) is 45.0 Å². The Morgan fingerprint density at radius 2 is 1.00 bits per heavy atom. The first-order chi connectivity index (χ1) is 14.7. The van der Waals surface area contributed by atoms with Gasteiger partial charge in [0.05, 0.1) is 33.0 Å². The Labute approximate surface area is 186 Å². The molecule has 0 aromatic carbocycles. The second-order valence-corrected chi connectivity index (χ2v) is 8.86. The minimum absolute atomic E-state index is 0.236. The predicted octanol–water partition coefficient (Wildman–Crippen LogP) is 5.52. The molecule has 0 spiro atoms. The number of hydrogen-bond acceptors (Lipinski definition) is 8. The monoisotopic (exact) mass is 462 g/mol. The van der Waals surface area contributed by atoms with E-state index < -0.39 is 7.82 Å². The molecule has 0 fully saturated rings. The zero-order valence-electron chi connectivity index (χ0n) is 19.3. The molecule has 0 bridgehead atoms. The van der Waals surface area contributed by atoms with Crippen molar-refractivity contribution in [1.29, 1.82) is 0 Å². The molecular formula is C22H39O8P. The quantitative estimate of drug-likeness (QED) is 0.101. The highest BCUT2D eigenvalue weighted by atomic mass is 31.2. The van der Waals surface area contributed by atoms with Crippen LogP contribution in [0.2, 0.25) is 0 Å². The molecule has 0 aliphatic carbocycles. The summed E-state index contributed by atoms with van der Waals surface area (Å²) >= 11 is 0. The molecule has 0 saturated heterocycles. The molecule has 0 heterocycles. The summed E-state index contributed by atoms with van der Waals surface area (Å²) in [4.78, 5) is 22.5. The molecule has 9 heteroatoms. The molecule has 0 radical (unpaired) electrons. The van der Waals surface area contributed by atoms with Crippen LogP contribution in [0, 0.1) is 0 Å². The molecule has 0 amide bonds. The van der Waals surface area contributed by atoms with Crippen molar-refractivity contribution in [2.45, 2.75) is 72.1 Å². The lowest BCUT2D eigenvalue weighted by Gasteiger charge is -2.17. The second-order valence-electron chi connectivity index (χ2n) is 7.19. The van der Waals surface area contributed by atoms with E-state index in [1.54, 1.807) is 20.8 Å². The summed E-state index contributed by atoms with van der Waals surface area (Å²) in [5.74, 6) is -0.742. The van der Waals surface area contributed by atoms with Crippen LogP contribution in [0.25, 0.3) is 0 Å². The van der Waals surface area contributed by atoms with Gasteiger partial charge in [0.1, 0.15) is 0 Å². The summed E-state index contributed by atoms with van der Waals surface area (Å²) in [7, 11) is -3.55. The van der Waals surface area contributed by atoms with Gasteiger partial charge < -0.3 is 9.47 Å². The Hall–Kier alpha value is -1.47. The van der Waals surface area contributed by atoms with Gasteiger partial charge in [-0.1, -0.05) is 26.0 Å².